The number of para-hydroxylation sites is 1. The van der Waals surface area contributed by atoms with Crippen molar-refractivity contribution in [3.63, 3.8) is 0 Å². The first kappa shape index (κ1) is 37.5. The van der Waals surface area contributed by atoms with E-state index in [1.165, 1.54) is 64.1 Å². The largest absolute Gasteiger partial charge is 0.464 e. The fraction of sp³-hybridized carbons (Fsp3) is 0.138. The normalized spacial score (nSPS) is 13.0. The molecule has 1 radical (unpaired) electrons. The molecule has 1 aliphatic rings. The summed E-state index contributed by atoms with van der Waals surface area (Å²) in [5.74, 6) is 0. The maximum atomic E-state index is 6.62. The van der Waals surface area contributed by atoms with E-state index in [9.17, 15) is 0 Å². The average molecular weight is 844 g/mol. The van der Waals surface area contributed by atoms with Crippen LogP contribution in [0.4, 0.5) is 11.4 Å². The molecule has 0 spiro atoms. The van der Waals surface area contributed by atoms with Gasteiger partial charge >= 0.3 is 0 Å². The molecule has 4 aromatic heterocycles. The van der Waals surface area contributed by atoms with Gasteiger partial charge in [-0.1, -0.05) is 132 Å². The minimum absolute atomic E-state index is 0.0343. The Bertz CT molecular complexity index is 3910. The van der Waals surface area contributed by atoms with Gasteiger partial charge in [-0.15, -0.1) is 11.3 Å². The van der Waals surface area contributed by atoms with Gasteiger partial charge in [-0.3, -0.25) is 0 Å². The van der Waals surface area contributed by atoms with Gasteiger partial charge in [0.2, 0.25) is 0 Å². The maximum absolute atomic E-state index is 6.62. The number of furan rings is 2. The second kappa shape index (κ2) is 13.3. The lowest BCUT2D eigenvalue weighted by molar-refractivity contribution is 0.590. The Balaban J connectivity index is 1.19. The Morgan fingerprint density at radius 3 is 2.11 bits per heavy atom. The molecule has 12 aromatic rings. The van der Waals surface area contributed by atoms with Crippen LogP contribution in [0.15, 0.2) is 161 Å². The van der Waals surface area contributed by atoms with E-state index in [-0.39, 0.29) is 10.8 Å². The van der Waals surface area contributed by atoms with Crippen molar-refractivity contribution in [3.8, 4) is 27.9 Å². The van der Waals surface area contributed by atoms with Gasteiger partial charge in [0.25, 0.3) is 0 Å². The molecule has 5 heterocycles. The number of benzene rings is 8. The third kappa shape index (κ3) is 5.48. The van der Waals surface area contributed by atoms with Crippen LogP contribution < -0.4 is 16.2 Å². The van der Waals surface area contributed by atoms with Gasteiger partial charge in [-0.05, 0) is 93.1 Å². The summed E-state index contributed by atoms with van der Waals surface area (Å²) in [6.45, 7) is 13.7. The summed E-state index contributed by atoms with van der Waals surface area (Å²) >= 11 is 1.90. The fourth-order valence-electron chi connectivity index (χ4n) is 10.3. The third-order valence-electron chi connectivity index (χ3n) is 13.6. The van der Waals surface area contributed by atoms with Crippen molar-refractivity contribution in [2.24, 2.45) is 0 Å². The predicted octanol–water partition coefficient (Wildman–Crippen LogP) is 15.4. The highest BCUT2D eigenvalue weighted by Gasteiger charge is 2.33. The zero-order valence-corrected chi connectivity index (χ0v) is 37.5. The van der Waals surface area contributed by atoms with Gasteiger partial charge in [0.15, 0.2) is 7.28 Å². The first-order valence-electron chi connectivity index (χ1n) is 22.2. The molecule has 0 atom stereocenters. The van der Waals surface area contributed by atoms with E-state index in [1.54, 1.807) is 0 Å². The minimum atomic E-state index is -0.0343. The van der Waals surface area contributed by atoms with E-state index in [0.717, 1.165) is 72.1 Å². The lowest BCUT2D eigenvalue weighted by Crippen LogP contribution is -2.37. The number of nitrogens with zero attached hydrogens (tertiary/aromatic N) is 1. The molecule has 0 saturated carbocycles. The number of hydrogen-bond donors (Lipinski definition) is 1. The molecule has 0 saturated heterocycles. The monoisotopic (exact) mass is 843 g/mol. The first-order chi connectivity index (χ1) is 31.0. The SMILES string of the molecule is CC(C)(C)c1ccc(Nc2cc3oc4ccccc4c3cc2-c2c3c4c(c5cc(C(C)(C)C)ccc5n4-c4cc5c(-c6ccccc6)coc5cc4[B]3)c3c2sc2ccccc23)cc1. The number of hydrogen-bond acceptors (Lipinski definition) is 4. The van der Waals surface area contributed by atoms with Crippen LogP contribution in [-0.2, 0) is 10.8 Å². The van der Waals surface area contributed by atoms with Crippen molar-refractivity contribution in [1.29, 1.82) is 0 Å². The lowest BCUT2D eigenvalue weighted by atomic mass is 9.58. The highest BCUT2D eigenvalue weighted by atomic mass is 32.1. The Labute approximate surface area is 376 Å². The molecular formula is C58H44BN2O2S. The van der Waals surface area contributed by atoms with Crippen molar-refractivity contribution in [3.05, 3.63) is 163 Å². The maximum Gasteiger partial charge on any atom is 0.198 e. The van der Waals surface area contributed by atoms with E-state index < -0.39 is 0 Å². The molecule has 0 aliphatic carbocycles. The standard InChI is InChI=1S/C58H44BN2O2S/c1-57(2,3)33-20-23-35(24-21-33)60-44-30-49-38(36-16-10-12-18-47(36)63-49)27-40(44)53-54-55-51(52-37-17-11-13-19-50(37)64-56(52)53)41-26-34(58(4,5)6)22-25-45(41)61(55)46-28-39-42(32-14-8-7-9-15-32)31-62-48(39)29-43(46)59-54/h7-31,60H,1-6H3. The van der Waals surface area contributed by atoms with Crippen LogP contribution >= 0.6 is 11.3 Å². The number of fused-ring (bicyclic) bond motifs is 13. The molecule has 0 fully saturated rings. The van der Waals surface area contributed by atoms with Crippen LogP contribution in [0.2, 0.25) is 0 Å². The smallest absolute Gasteiger partial charge is 0.198 e. The summed E-state index contributed by atoms with van der Waals surface area (Å²) in [5, 5.41) is 12.4. The van der Waals surface area contributed by atoms with Gasteiger partial charge < -0.3 is 18.7 Å². The molecule has 0 bridgehead atoms. The van der Waals surface area contributed by atoms with Crippen LogP contribution in [-0.4, -0.2) is 11.8 Å². The van der Waals surface area contributed by atoms with Gasteiger partial charge in [-0.2, -0.15) is 0 Å². The molecule has 0 unspecified atom stereocenters. The topological polar surface area (TPSA) is 43.2 Å². The molecule has 307 valence electrons. The Morgan fingerprint density at radius 2 is 1.31 bits per heavy atom. The number of anilines is 2. The predicted molar refractivity (Wildman–Crippen MR) is 274 cm³/mol. The Hall–Kier alpha value is -7.02. The fourth-order valence-corrected chi connectivity index (χ4v) is 11.6. The second-order valence-corrected chi connectivity index (χ2v) is 20.7. The summed E-state index contributed by atoms with van der Waals surface area (Å²) in [7, 11) is 2.43. The van der Waals surface area contributed by atoms with Crippen molar-refractivity contribution in [2.45, 2.75) is 52.4 Å². The molecule has 1 aliphatic heterocycles. The molecule has 13 rings (SSSR count). The molecule has 64 heavy (non-hydrogen) atoms. The van der Waals surface area contributed by atoms with Crippen molar-refractivity contribution < 1.29 is 8.83 Å². The van der Waals surface area contributed by atoms with E-state index in [1.807, 2.05) is 17.6 Å². The molecule has 0 amide bonds. The van der Waals surface area contributed by atoms with Crippen LogP contribution in [0.3, 0.4) is 0 Å². The third-order valence-corrected chi connectivity index (χ3v) is 14.8. The summed E-state index contributed by atoms with van der Waals surface area (Å²) in [6.07, 6.45) is 1.92. The highest BCUT2D eigenvalue weighted by molar-refractivity contribution is 7.26. The van der Waals surface area contributed by atoms with Crippen molar-refractivity contribution in [1.82, 2.24) is 4.57 Å². The summed E-state index contributed by atoms with van der Waals surface area (Å²) in [6, 6.07) is 53.3. The van der Waals surface area contributed by atoms with E-state index >= 15 is 0 Å². The molecular weight excluding hydrogens is 800 g/mol. The zero-order chi connectivity index (χ0) is 43.2. The quantitative estimate of drug-likeness (QED) is 0.180. The summed E-state index contributed by atoms with van der Waals surface area (Å²) < 4.78 is 18.1. The second-order valence-electron chi connectivity index (χ2n) is 19.6. The molecule has 4 nitrogen and oxygen atoms in total. The Kier molecular flexibility index (Phi) is 7.78. The number of aromatic nitrogens is 1. The highest BCUT2D eigenvalue weighted by Crippen LogP contribution is 2.50. The number of rotatable bonds is 4. The van der Waals surface area contributed by atoms with Crippen LogP contribution in [0.5, 0.6) is 0 Å². The van der Waals surface area contributed by atoms with Gasteiger partial charge in [-0.25, -0.2) is 0 Å². The lowest BCUT2D eigenvalue weighted by Gasteiger charge is -2.25. The van der Waals surface area contributed by atoms with Gasteiger partial charge in [0, 0.05) is 81.2 Å². The molecule has 8 aromatic carbocycles. The van der Waals surface area contributed by atoms with Gasteiger partial charge in [0.05, 0.1) is 17.5 Å². The first-order valence-corrected chi connectivity index (χ1v) is 23.0. The van der Waals surface area contributed by atoms with Crippen molar-refractivity contribution >= 4 is 116 Å². The minimum Gasteiger partial charge on any atom is -0.464 e. The average Bonchev–Trinajstić information content (AvgIpc) is 4.06. The van der Waals surface area contributed by atoms with E-state index in [0.29, 0.717) is 0 Å². The zero-order valence-electron chi connectivity index (χ0n) is 36.7. The summed E-state index contributed by atoms with van der Waals surface area (Å²) in [5.41, 5.74) is 17.7. The molecule has 6 heteroatoms. The Morgan fingerprint density at radius 1 is 0.578 bits per heavy atom. The van der Waals surface area contributed by atoms with E-state index in [4.69, 9.17) is 8.83 Å². The van der Waals surface area contributed by atoms with Gasteiger partial charge in [0.1, 0.15) is 16.7 Å². The van der Waals surface area contributed by atoms with Crippen molar-refractivity contribution in [2.75, 3.05) is 5.32 Å². The van der Waals surface area contributed by atoms with Crippen LogP contribution in [0, 0.1) is 0 Å². The van der Waals surface area contributed by atoms with Crippen LogP contribution in [0.25, 0.3) is 103 Å². The van der Waals surface area contributed by atoms with Crippen LogP contribution in [0.1, 0.15) is 52.7 Å². The number of nitrogens with one attached hydrogen (secondary N) is 1. The summed E-state index contributed by atoms with van der Waals surface area (Å²) in [4.78, 5) is 0. The number of thiophene rings is 1. The van der Waals surface area contributed by atoms with E-state index in [2.05, 4.69) is 204 Å². The molecule has 1 N–H and O–H groups in total.